The largest absolute Gasteiger partial charge is 0.481 e. The summed E-state index contributed by atoms with van der Waals surface area (Å²) in [5.41, 5.74) is 0.930. The Morgan fingerprint density at radius 2 is 2.19 bits per heavy atom. The Morgan fingerprint density at radius 1 is 1.48 bits per heavy atom. The van der Waals surface area contributed by atoms with Crippen LogP contribution in [0, 0.1) is 24.2 Å². The van der Waals surface area contributed by atoms with Crippen molar-refractivity contribution in [1.82, 2.24) is 4.72 Å². The number of ether oxygens (including phenoxy) is 1. The van der Waals surface area contributed by atoms with Crippen molar-refractivity contribution in [2.75, 3.05) is 13.2 Å². The van der Waals surface area contributed by atoms with E-state index in [0.717, 1.165) is 0 Å². The normalized spacial score (nSPS) is 21.9. The Morgan fingerprint density at radius 3 is 2.76 bits per heavy atom. The Kier molecular flexibility index (Phi) is 4.27. The van der Waals surface area contributed by atoms with Gasteiger partial charge in [0.1, 0.15) is 0 Å². The van der Waals surface area contributed by atoms with Gasteiger partial charge >= 0.3 is 5.97 Å². The van der Waals surface area contributed by atoms with Crippen molar-refractivity contribution < 1.29 is 23.1 Å². The molecule has 2 atom stereocenters. The molecule has 2 N–H and O–H groups in total. The van der Waals surface area contributed by atoms with Crippen LogP contribution in [0.2, 0.25) is 0 Å². The van der Waals surface area contributed by atoms with Gasteiger partial charge in [-0.25, -0.2) is 13.1 Å². The number of sulfonamides is 1. The lowest BCUT2D eigenvalue weighted by Crippen LogP contribution is -2.42. The molecule has 21 heavy (non-hydrogen) atoms. The molecule has 1 aliphatic rings. The Hall–Kier alpha value is -1.95. The average molecular weight is 310 g/mol. The van der Waals surface area contributed by atoms with E-state index in [-0.39, 0.29) is 18.1 Å². The second-order valence-corrected chi connectivity index (χ2v) is 6.51. The van der Waals surface area contributed by atoms with Gasteiger partial charge in [-0.05, 0) is 30.7 Å². The van der Waals surface area contributed by atoms with Crippen LogP contribution in [0.1, 0.15) is 11.1 Å². The van der Waals surface area contributed by atoms with E-state index < -0.39 is 28.0 Å². The van der Waals surface area contributed by atoms with E-state index in [1.54, 1.807) is 6.92 Å². The summed E-state index contributed by atoms with van der Waals surface area (Å²) in [7, 11) is -3.86. The lowest BCUT2D eigenvalue weighted by Gasteiger charge is -2.16. The Labute approximate surface area is 122 Å². The molecule has 1 saturated heterocycles. The number of benzene rings is 1. The highest BCUT2D eigenvalue weighted by atomic mass is 32.2. The zero-order chi connectivity index (χ0) is 15.6. The van der Waals surface area contributed by atoms with Crippen LogP contribution in [0.25, 0.3) is 0 Å². The maximum absolute atomic E-state index is 12.3. The number of hydrogen-bond donors (Lipinski definition) is 2. The van der Waals surface area contributed by atoms with Gasteiger partial charge in [0, 0.05) is 0 Å². The molecule has 0 bridgehead atoms. The van der Waals surface area contributed by atoms with Crippen LogP contribution in [0.15, 0.2) is 23.1 Å². The van der Waals surface area contributed by atoms with Crippen LogP contribution in [0.3, 0.4) is 0 Å². The summed E-state index contributed by atoms with van der Waals surface area (Å²) in [5, 5.41) is 17.9. The van der Waals surface area contributed by atoms with Gasteiger partial charge in [-0.1, -0.05) is 0 Å². The standard InChI is InChI=1S/C13H14N2O5S/c1-8-4-10(3-2-9(8)5-14)21(18,19)15-12-7-20-6-11(12)13(16)17/h2-4,11-12,15H,6-7H2,1H3,(H,16,17). The summed E-state index contributed by atoms with van der Waals surface area (Å²) < 4.78 is 31.9. The first-order valence-electron chi connectivity index (χ1n) is 6.19. The molecule has 2 rings (SSSR count). The maximum atomic E-state index is 12.3. The van der Waals surface area contributed by atoms with Gasteiger partial charge in [0.25, 0.3) is 0 Å². The lowest BCUT2D eigenvalue weighted by molar-refractivity contribution is -0.142. The fourth-order valence-corrected chi connectivity index (χ4v) is 3.46. The zero-order valence-electron chi connectivity index (χ0n) is 11.2. The number of hydrogen-bond acceptors (Lipinski definition) is 5. The van der Waals surface area contributed by atoms with Crippen LogP contribution in [0.4, 0.5) is 0 Å². The number of nitriles is 1. The second-order valence-electron chi connectivity index (χ2n) is 4.80. The van der Waals surface area contributed by atoms with E-state index in [9.17, 15) is 13.2 Å². The van der Waals surface area contributed by atoms with Gasteiger partial charge < -0.3 is 9.84 Å². The topological polar surface area (TPSA) is 116 Å². The molecule has 0 spiro atoms. The molecular weight excluding hydrogens is 296 g/mol. The second kappa shape index (κ2) is 5.81. The third-order valence-electron chi connectivity index (χ3n) is 3.33. The third-order valence-corrected chi connectivity index (χ3v) is 4.82. The summed E-state index contributed by atoms with van der Waals surface area (Å²) >= 11 is 0. The Balaban J connectivity index is 2.25. The van der Waals surface area contributed by atoms with E-state index in [2.05, 4.69) is 4.72 Å². The van der Waals surface area contributed by atoms with Gasteiger partial charge in [0.2, 0.25) is 10.0 Å². The number of carboxylic acids is 1. The molecule has 0 aliphatic carbocycles. The average Bonchev–Trinajstić information content (AvgIpc) is 2.86. The van der Waals surface area contributed by atoms with E-state index in [1.807, 2.05) is 6.07 Å². The summed E-state index contributed by atoms with van der Waals surface area (Å²) in [4.78, 5) is 11.0. The van der Waals surface area contributed by atoms with Crippen molar-refractivity contribution >= 4 is 16.0 Å². The van der Waals surface area contributed by atoms with Crippen molar-refractivity contribution in [2.45, 2.75) is 17.9 Å². The number of nitrogens with zero attached hydrogens (tertiary/aromatic N) is 1. The van der Waals surface area contributed by atoms with E-state index >= 15 is 0 Å². The number of carbonyl (C=O) groups is 1. The number of rotatable bonds is 4. The quantitative estimate of drug-likeness (QED) is 0.823. The van der Waals surface area contributed by atoms with Crippen LogP contribution >= 0.6 is 0 Å². The molecule has 0 radical (unpaired) electrons. The highest BCUT2D eigenvalue weighted by Gasteiger charge is 2.37. The molecule has 0 saturated carbocycles. The molecule has 0 amide bonds. The van der Waals surface area contributed by atoms with Gasteiger partial charge in [0.15, 0.2) is 0 Å². The highest BCUT2D eigenvalue weighted by Crippen LogP contribution is 2.19. The predicted octanol–water partition coefficient (Wildman–Crippen LogP) is 0.245. The minimum Gasteiger partial charge on any atom is -0.481 e. The van der Waals surface area contributed by atoms with Gasteiger partial charge in [-0.2, -0.15) is 5.26 Å². The summed E-state index contributed by atoms with van der Waals surface area (Å²) in [6.07, 6.45) is 0. The fourth-order valence-electron chi connectivity index (χ4n) is 2.11. The van der Waals surface area contributed by atoms with Gasteiger partial charge in [0.05, 0.1) is 41.7 Å². The van der Waals surface area contributed by atoms with Crippen LogP contribution in [-0.2, 0) is 19.6 Å². The van der Waals surface area contributed by atoms with Crippen LogP contribution < -0.4 is 4.72 Å². The maximum Gasteiger partial charge on any atom is 0.310 e. The lowest BCUT2D eigenvalue weighted by atomic mass is 10.1. The van der Waals surface area contributed by atoms with Gasteiger partial charge in [-0.3, -0.25) is 4.79 Å². The molecule has 1 heterocycles. The first-order chi connectivity index (χ1) is 9.85. The summed E-state index contributed by atoms with van der Waals surface area (Å²) in [5.74, 6) is -2.00. The van der Waals surface area contributed by atoms with E-state index in [1.165, 1.54) is 18.2 Å². The molecule has 8 heteroatoms. The monoisotopic (exact) mass is 310 g/mol. The zero-order valence-corrected chi connectivity index (χ0v) is 12.1. The highest BCUT2D eigenvalue weighted by molar-refractivity contribution is 7.89. The molecule has 2 unspecified atom stereocenters. The summed E-state index contributed by atoms with van der Waals surface area (Å²) in [6.45, 7) is 1.64. The molecule has 7 nitrogen and oxygen atoms in total. The molecule has 0 aromatic heterocycles. The fraction of sp³-hybridized carbons (Fsp3) is 0.385. The smallest absolute Gasteiger partial charge is 0.310 e. The van der Waals surface area contributed by atoms with Gasteiger partial charge in [-0.15, -0.1) is 0 Å². The molecule has 112 valence electrons. The molecule has 1 fully saturated rings. The van der Waals surface area contributed by atoms with E-state index in [0.29, 0.717) is 11.1 Å². The number of aryl methyl sites for hydroxylation is 1. The van der Waals surface area contributed by atoms with Crippen LogP contribution in [0.5, 0.6) is 0 Å². The molecule has 1 aromatic carbocycles. The summed E-state index contributed by atoms with van der Waals surface area (Å²) in [6, 6.07) is 5.27. The minimum absolute atomic E-state index is 0.00459. The van der Waals surface area contributed by atoms with Crippen molar-refractivity contribution in [3.8, 4) is 6.07 Å². The first-order valence-corrected chi connectivity index (χ1v) is 7.67. The van der Waals surface area contributed by atoms with Crippen LogP contribution in [-0.4, -0.2) is 38.7 Å². The van der Waals surface area contributed by atoms with Crippen molar-refractivity contribution in [2.24, 2.45) is 5.92 Å². The minimum atomic E-state index is -3.86. The molecule has 1 aliphatic heterocycles. The predicted molar refractivity (Wildman–Crippen MR) is 71.9 cm³/mol. The number of aliphatic carboxylic acids is 1. The third kappa shape index (κ3) is 3.21. The Bertz CT molecular complexity index is 708. The first kappa shape index (κ1) is 15.4. The molecule has 1 aromatic rings. The number of nitrogens with one attached hydrogen (secondary N) is 1. The van der Waals surface area contributed by atoms with E-state index in [4.69, 9.17) is 15.1 Å². The molecular formula is C13H14N2O5S. The van der Waals surface area contributed by atoms with Crippen molar-refractivity contribution in [3.05, 3.63) is 29.3 Å². The number of carboxylic acid groups (broad SMARTS) is 1. The SMILES string of the molecule is Cc1cc(S(=O)(=O)NC2COCC2C(=O)O)ccc1C#N. The van der Waals surface area contributed by atoms with Crippen molar-refractivity contribution in [1.29, 1.82) is 5.26 Å². The van der Waals surface area contributed by atoms with Crippen molar-refractivity contribution in [3.63, 3.8) is 0 Å².